The number of amides is 2. The Labute approximate surface area is 177 Å². The van der Waals surface area contributed by atoms with Crippen LogP contribution in [0.4, 0.5) is 11.4 Å². The highest BCUT2D eigenvalue weighted by Gasteiger charge is 2.11. The molecule has 2 aromatic carbocycles. The monoisotopic (exact) mass is 427 g/mol. The first kappa shape index (κ1) is 20.9. The highest BCUT2D eigenvalue weighted by Crippen LogP contribution is 2.24. The maximum Gasteiger partial charge on any atom is 0.234 e. The van der Waals surface area contributed by atoms with Crippen molar-refractivity contribution in [2.45, 2.75) is 17.7 Å². The highest BCUT2D eigenvalue weighted by atomic mass is 32.2. The van der Waals surface area contributed by atoms with Crippen molar-refractivity contribution < 1.29 is 14.3 Å². The van der Waals surface area contributed by atoms with Crippen LogP contribution >= 0.6 is 23.1 Å². The number of aromatic nitrogens is 1. The fraction of sp³-hybridized carbons (Fsp3) is 0.190. The van der Waals surface area contributed by atoms with Crippen LogP contribution in [-0.4, -0.2) is 29.7 Å². The van der Waals surface area contributed by atoms with Crippen LogP contribution in [0.5, 0.6) is 5.75 Å². The minimum atomic E-state index is -0.128. The first-order valence-corrected chi connectivity index (χ1v) is 10.8. The molecule has 1 aromatic heterocycles. The molecule has 0 radical (unpaired) electrons. The van der Waals surface area contributed by atoms with Crippen molar-refractivity contribution in [2.75, 3.05) is 23.5 Å². The van der Waals surface area contributed by atoms with Crippen molar-refractivity contribution in [1.29, 1.82) is 0 Å². The zero-order valence-corrected chi connectivity index (χ0v) is 17.7. The van der Waals surface area contributed by atoms with Gasteiger partial charge < -0.3 is 15.4 Å². The summed E-state index contributed by atoms with van der Waals surface area (Å²) < 4.78 is 5.90. The second kappa shape index (κ2) is 10.1. The fourth-order valence-electron chi connectivity index (χ4n) is 2.55. The predicted octanol–water partition coefficient (Wildman–Crippen LogP) is 4.37. The largest absolute Gasteiger partial charge is 0.497 e. The van der Waals surface area contributed by atoms with Crippen LogP contribution in [0.2, 0.25) is 0 Å². The van der Waals surface area contributed by atoms with E-state index in [2.05, 4.69) is 15.6 Å². The zero-order valence-electron chi connectivity index (χ0n) is 16.1. The van der Waals surface area contributed by atoms with E-state index in [0.717, 1.165) is 15.6 Å². The Balaban J connectivity index is 1.47. The zero-order chi connectivity index (χ0) is 20.6. The van der Waals surface area contributed by atoms with Crippen LogP contribution < -0.4 is 15.4 Å². The van der Waals surface area contributed by atoms with E-state index in [1.54, 1.807) is 19.2 Å². The molecule has 0 atom stereocenters. The van der Waals surface area contributed by atoms with Gasteiger partial charge in [-0.2, -0.15) is 0 Å². The number of ether oxygens (including phenoxy) is 1. The van der Waals surface area contributed by atoms with Crippen LogP contribution in [0.3, 0.4) is 0 Å². The van der Waals surface area contributed by atoms with Crippen molar-refractivity contribution in [2.24, 2.45) is 0 Å². The molecular weight excluding hydrogens is 406 g/mol. The maximum absolute atomic E-state index is 12.2. The van der Waals surface area contributed by atoms with Gasteiger partial charge in [-0.05, 0) is 36.8 Å². The lowest BCUT2D eigenvalue weighted by atomic mass is 10.2. The molecule has 0 bridgehead atoms. The molecule has 0 aliphatic heterocycles. The van der Waals surface area contributed by atoms with Crippen molar-refractivity contribution in [1.82, 2.24) is 4.98 Å². The number of benzene rings is 2. The number of hydrogen-bond donors (Lipinski definition) is 2. The minimum Gasteiger partial charge on any atom is -0.497 e. The number of methoxy groups -OCH3 is 1. The lowest BCUT2D eigenvalue weighted by molar-refractivity contribution is -0.116. The van der Waals surface area contributed by atoms with E-state index in [9.17, 15) is 9.59 Å². The Morgan fingerprint density at radius 2 is 1.79 bits per heavy atom. The van der Waals surface area contributed by atoms with E-state index in [0.29, 0.717) is 17.1 Å². The predicted molar refractivity (Wildman–Crippen MR) is 118 cm³/mol. The molecule has 2 N–H and O–H groups in total. The normalized spacial score (nSPS) is 10.4. The average Bonchev–Trinajstić information content (AvgIpc) is 3.13. The number of carbonyl (C=O) groups excluding carboxylic acids is 2. The first-order chi connectivity index (χ1) is 14.0. The molecule has 2 amide bonds. The summed E-state index contributed by atoms with van der Waals surface area (Å²) in [5.74, 6) is 0.675. The van der Waals surface area contributed by atoms with Crippen molar-refractivity contribution in [3.8, 4) is 5.75 Å². The number of nitrogens with zero attached hydrogens (tertiary/aromatic N) is 1. The lowest BCUT2D eigenvalue weighted by Gasteiger charge is -2.06. The number of thioether (sulfide) groups is 1. The van der Waals surface area contributed by atoms with E-state index >= 15 is 0 Å². The van der Waals surface area contributed by atoms with Crippen LogP contribution in [0.1, 0.15) is 11.3 Å². The molecule has 0 aliphatic carbocycles. The average molecular weight is 428 g/mol. The van der Waals surface area contributed by atoms with Gasteiger partial charge in [0.25, 0.3) is 0 Å². The Bertz CT molecular complexity index is 1000. The van der Waals surface area contributed by atoms with Gasteiger partial charge in [0.1, 0.15) is 5.75 Å². The Morgan fingerprint density at radius 1 is 1.07 bits per heavy atom. The molecule has 150 valence electrons. The third-order valence-corrected chi connectivity index (χ3v) is 5.92. The van der Waals surface area contributed by atoms with Crippen LogP contribution in [0.15, 0.2) is 58.3 Å². The van der Waals surface area contributed by atoms with Crippen LogP contribution in [-0.2, 0) is 16.0 Å². The summed E-state index contributed by atoms with van der Waals surface area (Å²) in [5.41, 5.74) is 3.23. The standard InChI is InChI=1S/C21H21N3O3S2/c1-14-5-3-6-15(9-14)22-19(25)11-17-12-28-21(24-17)29-13-20(26)23-16-7-4-8-18(10-16)27-2/h3-10,12H,11,13H2,1-2H3,(H,22,25)(H,23,26). The molecule has 29 heavy (non-hydrogen) atoms. The summed E-state index contributed by atoms with van der Waals surface area (Å²) in [5, 5.41) is 7.55. The quantitative estimate of drug-likeness (QED) is 0.522. The summed E-state index contributed by atoms with van der Waals surface area (Å²) in [4.78, 5) is 28.8. The summed E-state index contributed by atoms with van der Waals surface area (Å²) in [6.45, 7) is 1.98. The molecule has 1 heterocycles. The Kier molecular flexibility index (Phi) is 7.26. The van der Waals surface area contributed by atoms with Crippen LogP contribution in [0, 0.1) is 6.92 Å². The van der Waals surface area contributed by atoms with E-state index in [4.69, 9.17) is 4.74 Å². The molecule has 3 rings (SSSR count). The number of hydrogen-bond acceptors (Lipinski definition) is 6. The highest BCUT2D eigenvalue weighted by molar-refractivity contribution is 8.01. The van der Waals surface area contributed by atoms with Gasteiger partial charge in [0.15, 0.2) is 4.34 Å². The van der Waals surface area contributed by atoms with Gasteiger partial charge in [-0.25, -0.2) is 4.98 Å². The molecule has 0 spiro atoms. The molecule has 0 aliphatic rings. The third kappa shape index (κ3) is 6.62. The SMILES string of the molecule is COc1cccc(NC(=O)CSc2nc(CC(=O)Nc3cccc(C)c3)cs2)c1. The minimum absolute atomic E-state index is 0.117. The third-order valence-electron chi connectivity index (χ3n) is 3.85. The Hall–Kier alpha value is -2.84. The summed E-state index contributed by atoms with van der Waals surface area (Å²) in [6.07, 6.45) is 0.195. The van der Waals surface area contributed by atoms with Gasteiger partial charge in [0.2, 0.25) is 11.8 Å². The molecule has 6 nitrogen and oxygen atoms in total. The number of thiazole rings is 1. The van der Waals surface area contributed by atoms with Gasteiger partial charge in [0.05, 0.1) is 25.0 Å². The number of aryl methyl sites for hydroxylation is 1. The molecule has 0 fully saturated rings. The van der Waals surface area contributed by atoms with Gasteiger partial charge in [-0.1, -0.05) is 30.0 Å². The maximum atomic E-state index is 12.2. The topological polar surface area (TPSA) is 80.3 Å². The van der Waals surface area contributed by atoms with E-state index in [-0.39, 0.29) is 24.0 Å². The van der Waals surface area contributed by atoms with Crippen molar-refractivity contribution in [3.63, 3.8) is 0 Å². The Morgan fingerprint density at radius 3 is 2.55 bits per heavy atom. The van der Waals surface area contributed by atoms with Gasteiger partial charge >= 0.3 is 0 Å². The molecule has 3 aromatic rings. The molecule has 0 unspecified atom stereocenters. The van der Waals surface area contributed by atoms with Gasteiger partial charge in [-0.15, -0.1) is 11.3 Å². The smallest absolute Gasteiger partial charge is 0.234 e. The fourth-order valence-corrected chi connectivity index (χ4v) is 4.20. The second-order valence-corrected chi connectivity index (χ2v) is 8.35. The van der Waals surface area contributed by atoms with E-state index in [1.807, 2.05) is 48.7 Å². The summed E-state index contributed by atoms with van der Waals surface area (Å²) in [7, 11) is 1.58. The second-order valence-electron chi connectivity index (χ2n) is 6.27. The molecule has 0 saturated heterocycles. The lowest BCUT2D eigenvalue weighted by Crippen LogP contribution is -2.15. The van der Waals surface area contributed by atoms with Crippen molar-refractivity contribution in [3.05, 3.63) is 65.2 Å². The summed E-state index contributed by atoms with van der Waals surface area (Å²) >= 11 is 2.77. The van der Waals surface area contributed by atoms with E-state index < -0.39 is 0 Å². The summed E-state index contributed by atoms with van der Waals surface area (Å²) in [6, 6.07) is 14.8. The molecular formula is C21H21N3O3S2. The van der Waals surface area contributed by atoms with Gasteiger partial charge in [-0.3, -0.25) is 9.59 Å². The van der Waals surface area contributed by atoms with Crippen LogP contribution in [0.25, 0.3) is 0 Å². The first-order valence-electron chi connectivity index (χ1n) is 8.89. The van der Waals surface area contributed by atoms with E-state index in [1.165, 1.54) is 23.1 Å². The molecule has 0 saturated carbocycles. The number of carbonyl (C=O) groups is 2. The number of nitrogens with one attached hydrogen (secondary N) is 2. The number of anilines is 2. The van der Waals surface area contributed by atoms with Crippen molar-refractivity contribution >= 4 is 46.3 Å². The number of rotatable bonds is 8. The van der Waals surface area contributed by atoms with Gasteiger partial charge in [0, 0.05) is 22.8 Å². The molecule has 8 heteroatoms.